The van der Waals surface area contributed by atoms with E-state index in [1.165, 1.54) is 17.0 Å². The molecule has 0 aromatic heterocycles. The summed E-state index contributed by atoms with van der Waals surface area (Å²) in [6.07, 6.45) is 0. The Kier molecular flexibility index (Phi) is 4.84. The number of hydrogen-bond donors (Lipinski definition) is 1. The highest BCUT2D eigenvalue weighted by molar-refractivity contribution is 9.10. The van der Waals surface area contributed by atoms with Crippen LogP contribution in [0.5, 0.6) is 0 Å². The van der Waals surface area contributed by atoms with Crippen LogP contribution in [0.4, 0.5) is 4.39 Å². The minimum absolute atomic E-state index is 0.116. The average Bonchev–Trinajstić information content (AvgIpc) is 2.27. The molecule has 0 spiro atoms. The van der Waals surface area contributed by atoms with Gasteiger partial charge in [-0.2, -0.15) is 0 Å². The van der Waals surface area contributed by atoms with Crippen molar-refractivity contribution in [2.45, 2.75) is 19.9 Å². The fourth-order valence-electron chi connectivity index (χ4n) is 1.45. The molecular formula is C12H13BrFNO3. The largest absolute Gasteiger partial charge is 0.480 e. The topological polar surface area (TPSA) is 57.6 Å². The number of carboxylic acid groups (broad SMARTS) is 1. The van der Waals surface area contributed by atoms with Crippen molar-refractivity contribution in [3.8, 4) is 0 Å². The Morgan fingerprint density at radius 2 is 2.06 bits per heavy atom. The van der Waals surface area contributed by atoms with Gasteiger partial charge >= 0.3 is 5.97 Å². The van der Waals surface area contributed by atoms with Crippen molar-refractivity contribution in [1.29, 1.82) is 0 Å². The molecule has 4 nitrogen and oxygen atoms in total. The van der Waals surface area contributed by atoms with Crippen LogP contribution >= 0.6 is 15.9 Å². The van der Waals surface area contributed by atoms with Crippen LogP contribution in [0.25, 0.3) is 0 Å². The summed E-state index contributed by atoms with van der Waals surface area (Å²) in [5.74, 6) is -2.16. The Morgan fingerprint density at radius 1 is 1.44 bits per heavy atom. The summed E-state index contributed by atoms with van der Waals surface area (Å²) >= 11 is 3.15. The number of carbonyl (C=O) groups excluding carboxylic acids is 1. The van der Waals surface area contributed by atoms with Crippen molar-refractivity contribution < 1.29 is 19.1 Å². The zero-order chi connectivity index (χ0) is 13.9. The third-order valence-corrected chi connectivity index (χ3v) is 3.04. The number of carboxylic acids is 1. The predicted octanol–water partition coefficient (Wildman–Crippen LogP) is 2.52. The quantitative estimate of drug-likeness (QED) is 0.928. The van der Waals surface area contributed by atoms with Crippen LogP contribution in [-0.2, 0) is 4.79 Å². The van der Waals surface area contributed by atoms with Crippen molar-refractivity contribution in [3.05, 3.63) is 34.1 Å². The van der Waals surface area contributed by atoms with Crippen LogP contribution in [-0.4, -0.2) is 34.5 Å². The molecule has 0 aliphatic carbocycles. The van der Waals surface area contributed by atoms with Gasteiger partial charge in [-0.3, -0.25) is 9.59 Å². The number of rotatable bonds is 4. The van der Waals surface area contributed by atoms with Gasteiger partial charge in [0, 0.05) is 10.5 Å². The van der Waals surface area contributed by atoms with Gasteiger partial charge in [0.25, 0.3) is 5.91 Å². The maximum absolute atomic E-state index is 13.1. The number of hydrogen-bond acceptors (Lipinski definition) is 2. The second-order valence-corrected chi connectivity index (χ2v) is 4.90. The van der Waals surface area contributed by atoms with Crippen LogP contribution in [0.3, 0.4) is 0 Å². The molecule has 0 bridgehead atoms. The molecule has 1 aromatic rings. The fraction of sp³-hybridized carbons (Fsp3) is 0.333. The average molecular weight is 318 g/mol. The smallest absolute Gasteiger partial charge is 0.323 e. The van der Waals surface area contributed by atoms with Crippen LogP contribution in [0.1, 0.15) is 24.2 Å². The van der Waals surface area contributed by atoms with Crippen molar-refractivity contribution in [2.24, 2.45) is 0 Å². The summed E-state index contributed by atoms with van der Waals surface area (Å²) in [5.41, 5.74) is 0.116. The van der Waals surface area contributed by atoms with Crippen molar-refractivity contribution in [1.82, 2.24) is 4.90 Å². The van der Waals surface area contributed by atoms with Gasteiger partial charge in [-0.15, -0.1) is 0 Å². The third kappa shape index (κ3) is 3.53. The van der Waals surface area contributed by atoms with Crippen LogP contribution in [0.2, 0.25) is 0 Å². The minimum Gasteiger partial charge on any atom is -0.480 e. The highest BCUT2D eigenvalue weighted by Gasteiger charge is 2.23. The Morgan fingerprint density at radius 3 is 2.56 bits per heavy atom. The van der Waals surface area contributed by atoms with Gasteiger partial charge in [-0.05, 0) is 48.0 Å². The molecule has 98 valence electrons. The van der Waals surface area contributed by atoms with E-state index in [0.29, 0.717) is 4.47 Å². The molecule has 0 atom stereocenters. The third-order valence-electron chi connectivity index (χ3n) is 2.35. The minimum atomic E-state index is -1.11. The van der Waals surface area contributed by atoms with E-state index in [-0.39, 0.29) is 11.6 Å². The van der Waals surface area contributed by atoms with E-state index in [9.17, 15) is 14.0 Å². The SMILES string of the molecule is CC(C)N(CC(=O)O)C(=O)c1cc(F)ccc1Br. The van der Waals surface area contributed by atoms with Crippen molar-refractivity contribution in [2.75, 3.05) is 6.54 Å². The molecule has 0 aliphatic heterocycles. The van der Waals surface area contributed by atoms with Crippen molar-refractivity contribution in [3.63, 3.8) is 0 Å². The van der Waals surface area contributed by atoms with Gasteiger partial charge in [-0.1, -0.05) is 0 Å². The van der Waals surface area contributed by atoms with E-state index >= 15 is 0 Å². The molecule has 1 amide bonds. The maximum Gasteiger partial charge on any atom is 0.323 e. The molecule has 0 aliphatic rings. The molecule has 1 rings (SSSR count). The molecular weight excluding hydrogens is 305 g/mol. The first-order valence-electron chi connectivity index (χ1n) is 5.30. The van der Waals surface area contributed by atoms with Gasteiger partial charge in [0.15, 0.2) is 0 Å². The number of benzene rings is 1. The first-order chi connectivity index (χ1) is 8.32. The number of nitrogens with zero attached hydrogens (tertiary/aromatic N) is 1. The summed E-state index contributed by atoms with van der Waals surface area (Å²) < 4.78 is 13.6. The molecule has 1 N–H and O–H groups in total. The Balaban J connectivity index is 3.09. The summed E-state index contributed by atoms with van der Waals surface area (Å²) in [4.78, 5) is 24.1. The lowest BCUT2D eigenvalue weighted by Crippen LogP contribution is -2.40. The zero-order valence-electron chi connectivity index (χ0n) is 9.98. The lowest BCUT2D eigenvalue weighted by Gasteiger charge is -2.25. The molecule has 0 unspecified atom stereocenters. The molecule has 1 aromatic carbocycles. The van der Waals surface area contributed by atoms with E-state index in [1.807, 2.05) is 0 Å². The first kappa shape index (κ1) is 14.6. The highest BCUT2D eigenvalue weighted by atomic mass is 79.9. The van der Waals surface area contributed by atoms with Crippen LogP contribution < -0.4 is 0 Å². The summed E-state index contributed by atoms with van der Waals surface area (Å²) in [7, 11) is 0. The zero-order valence-corrected chi connectivity index (χ0v) is 11.6. The predicted molar refractivity (Wildman–Crippen MR) is 67.9 cm³/mol. The normalized spacial score (nSPS) is 10.5. The maximum atomic E-state index is 13.1. The van der Waals surface area contributed by atoms with Gasteiger partial charge in [0.05, 0.1) is 5.56 Å². The second kappa shape index (κ2) is 5.95. The molecule has 0 fully saturated rings. The lowest BCUT2D eigenvalue weighted by atomic mass is 10.1. The van der Waals surface area contributed by atoms with Crippen LogP contribution in [0.15, 0.2) is 22.7 Å². The van der Waals surface area contributed by atoms with E-state index in [0.717, 1.165) is 6.07 Å². The first-order valence-corrected chi connectivity index (χ1v) is 6.10. The molecule has 0 saturated heterocycles. The Bertz CT molecular complexity index is 476. The molecule has 18 heavy (non-hydrogen) atoms. The molecule has 0 saturated carbocycles. The Labute approximate surface area is 113 Å². The van der Waals surface area contributed by atoms with Crippen LogP contribution in [0, 0.1) is 5.82 Å². The Hall–Kier alpha value is -1.43. The van der Waals surface area contributed by atoms with Gasteiger partial charge in [-0.25, -0.2) is 4.39 Å². The van der Waals surface area contributed by atoms with E-state index in [1.54, 1.807) is 13.8 Å². The molecule has 6 heteroatoms. The van der Waals surface area contributed by atoms with E-state index < -0.39 is 24.2 Å². The van der Waals surface area contributed by atoms with Crippen molar-refractivity contribution >= 4 is 27.8 Å². The van der Waals surface area contributed by atoms with Gasteiger partial charge in [0.1, 0.15) is 12.4 Å². The lowest BCUT2D eigenvalue weighted by molar-refractivity contribution is -0.138. The molecule has 0 heterocycles. The molecule has 0 radical (unpaired) electrons. The number of carbonyl (C=O) groups is 2. The number of aliphatic carboxylic acids is 1. The van der Waals surface area contributed by atoms with E-state index in [2.05, 4.69) is 15.9 Å². The summed E-state index contributed by atoms with van der Waals surface area (Å²) in [6.45, 7) is 2.99. The number of halogens is 2. The highest BCUT2D eigenvalue weighted by Crippen LogP contribution is 2.20. The summed E-state index contributed by atoms with van der Waals surface area (Å²) in [5, 5.41) is 8.77. The fourth-order valence-corrected chi connectivity index (χ4v) is 1.87. The summed E-state index contributed by atoms with van der Waals surface area (Å²) in [6, 6.07) is 3.44. The second-order valence-electron chi connectivity index (χ2n) is 4.04. The van der Waals surface area contributed by atoms with Gasteiger partial charge in [0.2, 0.25) is 0 Å². The van der Waals surface area contributed by atoms with Gasteiger partial charge < -0.3 is 10.0 Å². The monoisotopic (exact) mass is 317 g/mol. The number of amides is 1. The standard InChI is InChI=1S/C12H13BrFNO3/c1-7(2)15(6-11(16)17)12(18)9-5-8(14)3-4-10(9)13/h3-5,7H,6H2,1-2H3,(H,16,17). The van der Waals surface area contributed by atoms with E-state index in [4.69, 9.17) is 5.11 Å².